The third-order valence-corrected chi connectivity index (χ3v) is 6.53. The van der Waals surface area contributed by atoms with Gasteiger partial charge in [0.15, 0.2) is 0 Å². The van der Waals surface area contributed by atoms with Crippen molar-refractivity contribution in [3.63, 3.8) is 0 Å². The molecule has 2 aromatic heterocycles. The number of halogens is 1. The van der Waals surface area contributed by atoms with Crippen molar-refractivity contribution >= 4 is 34.4 Å². The first-order valence-corrected chi connectivity index (χ1v) is 12.0. The summed E-state index contributed by atoms with van der Waals surface area (Å²) < 4.78 is 7.13. The number of aryl methyl sites for hydroxylation is 1. The van der Waals surface area contributed by atoms with Gasteiger partial charge in [-0.25, -0.2) is 9.97 Å². The molecule has 10 heteroatoms. The number of ether oxygens (including phenoxy) is 1. The lowest BCUT2D eigenvalue weighted by Gasteiger charge is -2.23. The average Bonchev–Trinajstić information content (AvgIpc) is 3.27. The summed E-state index contributed by atoms with van der Waals surface area (Å²) in [6.45, 7) is 1.73. The highest BCUT2D eigenvalue weighted by Crippen LogP contribution is 2.28. The number of nitrogens with one attached hydrogen (secondary N) is 2. The Balaban J connectivity index is 1.31. The van der Waals surface area contributed by atoms with Gasteiger partial charge in [0.25, 0.3) is 5.91 Å². The number of fused-ring (bicyclic) bond motifs is 1. The summed E-state index contributed by atoms with van der Waals surface area (Å²) in [4.78, 5) is 22.0. The summed E-state index contributed by atoms with van der Waals surface area (Å²) in [5, 5.41) is 21.0. The van der Waals surface area contributed by atoms with Gasteiger partial charge in [0.05, 0.1) is 28.0 Å². The van der Waals surface area contributed by atoms with Gasteiger partial charge in [-0.3, -0.25) is 9.48 Å². The van der Waals surface area contributed by atoms with E-state index in [9.17, 15) is 4.79 Å². The number of nitriles is 1. The quantitative estimate of drug-likeness (QED) is 0.408. The van der Waals surface area contributed by atoms with Gasteiger partial charge in [-0.2, -0.15) is 10.4 Å². The van der Waals surface area contributed by atoms with Crippen LogP contribution < -0.4 is 10.6 Å². The lowest BCUT2D eigenvalue weighted by molar-refractivity contribution is 0.0903. The molecule has 5 rings (SSSR count). The minimum absolute atomic E-state index is 0.220. The van der Waals surface area contributed by atoms with Crippen LogP contribution in [0, 0.1) is 11.3 Å². The Morgan fingerprint density at radius 3 is 2.83 bits per heavy atom. The largest absolute Gasteiger partial charge is 0.381 e. The normalized spacial score (nSPS) is 13.9. The van der Waals surface area contributed by atoms with Gasteiger partial charge < -0.3 is 15.4 Å². The van der Waals surface area contributed by atoms with Crippen LogP contribution in [-0.4, -0.2) is 44.9 Å². The highest BCUT2D eigenvalue weighted by atomic mass is 35.5. The van der Waals surface area contributed by atoms with Crippen molar-refractivity contribution in [3.05, 3.63) is 70.5 Å². The van der Waals surface area contributed by atoms with E-state index in [2.05, 4.69) is 31.8 Å². The van der Waals surface area contributed by atoms with Crippen LogP contribution in [0.2, 0.25) is 5.02 Å². The number of amides is 1. The third-order valence-electron chi connectivity index (χ3n) is 6.22. The van der Waals surface area contributed by atoms with E-state index in [1.807, 2.05) is 19.2 Å². The molecule has 2 N–H and O–H groups in total. The number of carbonyl (C=O) groups is 1. The molecular formula is C26H24ClN7O2. The molecule has 0 unspecified atom stereocenters. The van der Waals surface area contributed by atoms with E-state index in [1.54, 1.807) is 41.3 Å². The molecule has 0 spiro atoms. The molecule has 9 nitrogen and oxygen atoms in total. The predicted octanol–water partition coefficient (Wildman–Crippen LogP) is 4.08. The van der Waals surface area contributed by atoms with Crippen molar-refractivity contribution in [2.24, 2.45) is 7.05 Å². The van der Waals surface area contributed by atoms with Gasteiger partial charge in [0, 0.05) is 61.1 Å². The molecule has 1 amide bonds. The van der Waals surface area contributed by atoms with E-state index in [0.29, 0.717) is 27.6 Å². The molecule has 0 radical (unpaired) electrons. The van der Waals surface area contributed by atoms with Crippen molar-refractivity contribution in [2.45, 2.75) is 25.4 Å². The summed E-state index contributed by atoms with van der Waals surface area (Å²) in [6, 6.07) is 12.9. The maximum atomic E-state index is 13.0. The Bertz CT molecular complexity index is 1470. The van der Waals surface area contributed by atoms with Crippen LogP contribution in [0.15, 0.2) is 48.8 Å². The van der Waals surface area contributed by atoms with Gasteiger partial charge in [0.1, 0.15) is 6.07 Å². The highest BCUT2D eigenvalue weighted by Gasteiger charge is 2.16. The van der Waals surface area contributed by atoms with Gasteiger partial charge in [0.2, 0.25) is 5.95 Å². The van der Waals surface area contributed by atoms with Crippen LogP contribution >= 0.6 is 11.6 Å². The molecule has 2 aromatic carbocycles. The molecule has 1 aliphatic rings. The second-order valence-electron chi connectivity index (χ2n) is 8.63. The van der Waals surface area contributed by atoms with Crippen molar-refractivity contribution in [3.8, 4) is 17.3 Å². The zero-order valence-corrected chi connectivity index (χ0v) is 20.4. The second-order valence-corrected chi connectivity index (χ2v) is 9.04. The predicted molar refractivity (Wildman–Crippen MR) is 137 cm³/mol. The van der Waals surface area contributed by atoms with Crippen molar-refractivity contribution in [1.82, 2.24) is 25.1 Å². The van der Waals surface area contributed by atoms with E-state index in [-0.39, 0.29) is 18.5 Å². The molecule has 1 aliphatic heterocycles. The van der Waals surface area contributed by atoms with E-state index < -0.39 is 0 Å². The monoisotopic (exact) mass is 501 g/mol. The Morgan fingerprint density at radius 2 is 2.06 bits per heavy atom. The van der Waals surface area contributed by atoms with E-state index in [0.717, 1.165) is 48.3 Å². The Hall–Kier alpha value is -4.00. The Kier molecular flexibility index (Phi) is 6.80. The molecule has 4 aromatic rings. The first-order valence-electron chi connectivity index (χ1n) is 11.6. The number of hydrogen-bond acceptors (Lipinski definition) is 7. The van der Waals surface area contributed by atoms with Gasteiger partial charge in [-0.1, -0.05) is 23.7 Å². The minimum atomic E-state index is -0.220. The maximum Gasteiger partial charge on any atom is 0.251 e. The van der Waals surface area contributed by atoms with Crippen molar-refractivity contribution in [2.75, 3.05) is 18.5 Å². The van der Waals surface area contributed by atoms with Crippen LogP contribution in [-0.2, 0) is 18.3 Å². The van der Waals surface area contributed by atoms with Crippen LogP contribution in [0.1, 0.15) is 34.3 Å². The molecule has 0 bridgehead atoms. The summed E-state index contributed by atoms with van der Waals surface area (Å²) in [5.74, 6) is 0.329. The van der Waals surface area contributed by atoms with E-state index in [4.69, 9.17) is 21.6 Å². The number of benzene rings is 2. The standard InChI is InChI=1S/C26H24ClN7O2/c1-34-24(16-2-4-18(12-28)22(27)10-16)20(15-31-34)14-29-25(35)17-3-5-19-13-30-26(33-23(19)11-17)32-21-6-8-36-9-7-21/h2-5,10-11,13,15,21H,6-9,14H2,1H3,(H,29,35)(H,30,32,33). The number of nitrogens with zero attached hydrogens (tertiary/aromatic N) is 5. The van der Waals surface area contributed by atoms with Crippen LogP contribution in [0.25, 0.3) is 22.2 Å². The summed E-state index contributed by atoms with van der Waals surface area (Å²) in [6.07, 6.45) is 5.30. The van der Waals surface area contributed by atoms with Gasteiger partial charge in [-0.15, -0.1) is 0 Å². The first-order chi connectivity index (χ1) is 17.5. The van der Waals surface area contributed by atoms with Gasteiger partial charge >= 0.3 is 0 Å². The molecule has 1 fully saturated rings. The lowest BCUT2D eigenvalue weighted by Crippen LogP contribution is -2.28. The fraction of sp³-hybridized carbons (Fsp3) is 0.269. The maximum absolute atomic E-state index is 13.0. The second kappa shape index (κ2) is 10.3. The highest BCUT2D eigenvalue weighted by molar-refractivity contribution is 6.32. The Labute approximate surface area is 213 Å². The molecule has 0 atom stereocenters. The number of carbonyl (C=O) groups excluding carboxylic acids is 1. The average molecular weight is 502 g/mol. The summed E-state index contributed by atoms with van der Waals surface area (Å²) in [5.41, 5.74) is 4.07. The summed E-state index contributed by atoms with van der Waals surface area (Å²) >= 11 is 6.23. The first kappa shape index (κ1) is 23.7. The molecule has 0 saturated carbocycles. The van der Waals surface area contributed by atoms with Crippen LogP contribution in [0.3, 0.4) is 0 Å². The lowest BCUT2D eigenvalue weighted by atomic mass is 10.1. The third kappa shape index (κ3) is 5.00. The number of rotatable bonds is 6. The molecule has 3 heterocycles. The molecule has 36 heavy (non-hydrogen) atoms. The van der Waals surface area contributed by atoms with Crippen molar-refractivity contribution < 1.29 is 9.53 Å². The zero-order chi connectivity index (χ0) is 25.1. The van der Waals surface area contributed by atoms with Crippen molar-refractivity contribution in [1.29, 1.82) is 5.26 Å². The van der Waals surface area contributed by atoms with Crippen LogP contribution in [0.5, 0.6) is 0 Å². The fourth-order valence-corrected chi connectivity index (χ4v) is 4.50. The molecule has 182 valence electrons. The number of hydrogen-bond donors (Lipinski definition) is 2. The fourth-order valence-electron chi connectivity index (χ4n) is 4.27. The van der Waals surface area contributed by atoms with E-state index >= 15 is 0 Å². The Morgan fingerprint density at radius 1 is 1.22 bits per heavy atom. The molecule has 1 saturated heterocycles. The van der Waals surface area contributed by atoms with Crippen LogP contribution in [0.4, 0.5) is 5.95 Å². The topological polar surface area (TPSA) is 118 Å². The molecular weight excluding hydrogens is 478 g/mol. The molecule has 0 aliphatic carbocycles. The minimum Gasteiger partial charge on any atom is -0.381 e. The number of anilines is 1. The zero-order valence-electron chi connectivity index (χ0n) is 19.7. The van der Waals surface area contributed by atoms with Gasteiger partial charge in [-0.05, 0) is 37.1 Å². The summed E-state index contributed by atoms with van der Waals surface area (Å²) in [7, 11) is 1.82. The smallest absolute Gasteiger partial charge is 0.251 e. The number of aromatic nitrogens is 4. The van der Waals surface area contributed by atoms with E-state index in [1.165, 1.54) is 0 Å². The SMILES string of the molecule is Cn1ncc(CNC(=O)c2ccc3cnc(NC4CCOCC4)nc3c2)c1-c1ccc(C#N)c(Cl)c1.